The molecule has 0 aliphatic heterocycles. The topological polar surface area (TPSA) is 70.6 Å². The molecule has 0 saturated carbocycles. The molecule has 0 radical (unpaired) electrons. The maximum Gasteiger partial charge on any atom is 0.315 e. The van der Waals surface area contributed by atoms with Gasteiger partial charge in [-0.1, -0.05) is 19.1 Å². The molecule has 0 fully saturated rings. The summed E-state index contributed by atoms with van der Waals surface area (Å²) in [6.45, 7) is 3.21. The van der Waals surface area contributed by atoms with Crippen LogP contribution in [0.4, 0.5) is 4.79 Å². The van der Waals surface area contributed by atoms with Crippen LogP contribution in [0.5, 0.6) is 5.75 Å². The van der Waals surface area contributed by atoms with Crippen LogP contribution in [0.3, 0.4) is 0 Å². The van der Waals surface area contributed by atoms with Gasteiger partial charge in [0.2, 0.25) is 0 Å². The average molecular weight is 348 g/mol. The largest absolute Gasteiger partial charge is 0.497 e. The lowest BCUT2D eigenvalue weighted by Gasteiger charge is -2.11. The van der Waals surface area contributed by atoms with Crippen LogP contribution in [0.2, 0.25) is 0 Å². The number of nitrogens with one attached hydrogen (secondary N) is 2. The minimum Gasteiger partial charge on any atom is -0.497 e. The maximum atomic E-state index is 11.8. The number of ether oxygens (including phenoxy) is 1. The van der Waals surface area contributed by atoms with E-state index in [4.69, 9.17) is 9.84 Å². The van der Waals surface area contributed by atoms with Crippen LogP contribution in [0, 0.1) is 5.92 Å². The first kappa shape index (κ1) is 18.3. The van der Waals surface area contributed by atoms with E-state index in [1.165, 1.54) is 0 Å². The minimum atomic E-state index is -0.181. The lowest BCUT2D eigenvalue weighted by Crippen LogP contribution is -2.37. The van der Waals surface area contributed by atoms with Gasteiger partial charge < -0.3 is 20.5 Å². The fourth-order valence-corrected chi connectivity index (χ4v) is 3.06. The zero-order valence-electron chi connectivity index (χ0n) is 14.0. The smallest absolute Gasteiger partial charge is 0.315 e. The van der Waals surface area contributed by atoms with E-state index >= 15 is 0 Å². The van der Waals surface area contributed by atoms with Crippen molar-refractivity contribution >= 4 is 17.4 Å². The standard InChI is InChI=1S/C18H24N2O3S/c1-13(7-8-21)10-19-18(22)20-11-17-9-15(12-24-17)14-3-5-16(23-2)6-4-14/h3-6,9,12-13,21H,7-8,10-11H2,1-2H3,(H2,19,20,22). The monoisotopic (exact) mass is 348 g/mol. The summed E-state index contributed by atoms with van der Waals surface area (Å²) in [6.07, 6.45) is 0.691. The minimum absolute atomic E-state index is 0.147. The molecule has 6 heteroatoms. The highest BCUT2D eigenvalue weighted by atomic mass is 32.1. The Morgan fingerprint density at radius 3 is 2.67 bits per heavy atom. The van der Waals surface area contributed by atoms with E-state index in [1.807, 2.05) is 31.2 Å². The number of thiophene rings is 1. The lowest BCUT2D eigenvalue weighted by atomic mass is 10.1. The number of aliphatic hydroxyl groups is 1. The van der Waals surface area contributed by atoms with Crippen LogP contribution >= 0.6 is 11.3 Å². The van der Waals surface area contributed by atoms with Gasteiger partial charge in [0.25, 0.3) is 0 Å². The van der Waals surface area contributed by atoms with Crippen molar-refractivity contribution in [3.63, 3.8) is 0 Å². The first-order chi connectivity index (χ1) is 11.6. The van der Waals surface area contributed by atoms with Crippen LogP contribution in [-0.4, -0.2) is 31.4 Å². The number of benzene rings is 1. The van der Waals surface area contributed by atoms with Gasteiger partial charge in [0.15, 0.2) is 0 Å². The Hall–Kier alpha value is -2.05. The molecular weight excluding hydrogens is 324 g/mol. The summed E-state index contributed by atoms with van der Waals surface area (Å²) in [7, 11) is 1.65. The number of urea groups is 1. The molecule has 0 aliphatic carbocycles. The summed E-state index contributed by atoms with van der Waals surface area (Å²) in [5.74, 6) is 1.10. The number of aliphatic hydroxyl groups excluding tert-OH is 1. The zero-order chi connectivity index (χ0) is 17.4. The van der Waals surface area contributed by atoms with Gasteiger partial charge in [-0.25, -0.2) is 4.79 Å². The number of hydrogen-bond donors (Lipinski definition) is 3. The summed E-state index contributed by atoms with van der Waals surface area (Å²) in [6, 6.07) is 9.82. The molecule has 24 heavy (non-hydrogen) atoms. The normalized spacial score (nSPS) is 11.8. The number of amides is 2. The van der Waals surface area contributed by atoms with E-state index in [1.54, 1.807) is 18.4 Å². The fourth-order valence-electron chi connectivity index (χ4n) is 2.23. The van der Waals surface area contributed by atoms with E-state index in [-0.39, 0.29) is 18.6 Å². The third-order valence-electron chi connectivity index (χ3n) is 3.73. The molecule has 2 aromatic rings. The van der Waals surface area contributed by atoms with Gasteiger partial charge in [-0.15, -0.1) is 11.3 Å². The molecule has 0 aliphatic rings. The van der Waals surface area contributed by atoms with E-state index in [2.05, 4.69) is 22.1 Å². The molecular formula is C18H24N2O3S. The molecule has 1 atom stereocenters. The Morgan fingerprint density at radius 1 is 1.25 bits per heavy atom. The Balaban J connectivity index is 1.81. The average Bonchev–Trinajstić information content (AvgIpc) is 3.07. The Labute approximate surface area is 146 Å². The quantitative estimate of drug-likeness (QED) is 0.686. The van der Waals surface area contributed by atoms with Crippen molar-refractivity contribution < 1.29 is 14.6 Å². The molecule has 1 unspecified atom stereocenters. The van der Waals surface area contributed by atoms with E-state index in [0.29, 0.717) is 19.5 Å². The molecule has 0 spiro atoms. The first-order valence-electron chi connectivity index (χ1n) is 7.96. The Morgan fingerprint density at radius 2 is 2.00 bits per heavy atom. The molecule has 0 saturated heterocycles. The van der Waals surface area contributed by atoms with Crippen molar-refractivity contribution in [3.05, 3.63) is 40.6 Å². The van der Waals surface area contributed by atoms with E-state index in [0.717, 1.165) is 21.8 Å². The molecule has 3 N–H and O–H groups in total. The summed E-state index contributed by atoms with van der Waals surface area (Å²) in [5.41, 5.74) is 2.26. The van der Waals surface area contributed by atoms with Gasteiger partial charge in [0.1, 0.15) is 5.75 Å². The van der Waals surface area contributed by atoms with Crippen LogP contribution in [0.25, 0.3) is 11.1 Å². The number of carbonyl (C=O) groups is 1. The second kappa shape index (κ2) is 9.30. The van der Waals surface area contributed by atoms with E-state index < -0.39 is 0 Å². The predicted molar refractivity (Wildman–Crippen MR) is 97.4 cm³/mol. The zero-order valence-corrected chi connectivity index (χ0v) is 14.9. The Kier molecular flexibility index (Phi) is 7.08. The molecule has 5 nitrogen and oxygen atoms in total. The second-order valence-corrected chi connectivity index (χ2v) is 6.71. The van der Waals surface area contributed by atoms with Crippen LogP contribution in [0.15, 0.2) is 35.7 Å². The summed E-state index contributed by atoms with van der Waals surface area (Å²) >= 11 is 1.62. The highest BCUT2D eigenvalue weighted by Gasteiger charge is 2.07. The van der Waals surface area contributed by atoms with Gasteiger partial charge in [0.05, 0.1) is 13.7 Å². The third kappa shape index (κ3) is 5.54. The van der Waals surface area contributed by atoms with Gasteiger partial charge >= 0.3 is 6.03 Å². The maximum absolute atomic E-state index is 11.8. The summed E-state index contributed by atoms with van der Waals surface area (Å²) < 4.78 is 5.16. The van der Waals surface area contributed by atoms with Gasteiger partial charge in [-0.2, -0.15) is 0 Å². The van der Waals surface area contributed by atoms with Crippen molar-refractivity contribution in [2.45, 2.75) is 19.9 Å². The van der Waals surface area contributed by atoms with Crippen molar-refractivity contribution in [1.82, 2.24) is 10.6 Å². The SMILES string of the molecule is COc1ccc(-c2csc(CNC(=O)NCC(C)CCO)c2)cc1. The predicted octanol–water partition coefficient (Wildman–Crippen LogP) is 3.24. The van der Waals surface area contributed by atoms with E-state index in [9.17, 15) is 4.79 Å². The third-order valence-corrected chi connectivity index (χ3v) is 4.67. The van der Waals surface area contributed by atoms with Crippen molar-refractivity contribution in [2.75, 3.05) is 20.3 Å². The molecule has 1 aromatic carbocycles. The Bertz CT molecular complexity index is 640. The number of carbonyl (C=O) groups excluding carboxylic acids is 1. The van der Waals surface area contributed by atoms with Crippen molar-refractivity contribution in [2.24, 2.45) is 5.92 Å². The lowest BCUT2D eigenvalue weighted by molar-refractivity contribution is 0.233. The highest BCUT2D eigenvalue weighted by Crippen LogP contribution is 2.27. The summed E-state index contributed by atoms with van der Waals surface area (Å²) in [4.78, 5) is 12.9. The molecule has 1 heterocycles. The second-order valence-electron chi connectivity index (χ2n) is 5.71. The van der Waals surface area contributed by atoms with Crippen LogP contribution in [0.1, 0.15) is 18.2 Å². The van der Waals surface area contributed by atoms with Crippen LogP contribution in [-0.2, 0) is 6.54 Å². The van der Waals surface area contributed by atoms with Gasteiger partial charge in [-0.3, -0.25) is 0 Å². The first-order valence-corrected chi connectivity index (χ1v) is 8.84. The fraction of sp³-hybridized carbons (Fsp3) is 0.389. The number of methoxy groups -OCH3 is 1. The van der Waals surface area contributed by atoms with Gasteiger partial charge in [0, 0.05) is 18.0 Å². The molecule has 2 rings (SSSR count). The molecule has 130 valence electrons. The van der Waals surface area contributed by atoms with Crippen molar-refractivity contribution in [3.8, 4) is 16.9 Å². The van der Waals surface area contributed by atoms with Crippen LogP contribution < -0.4 is 15.4 Å². The van der Waals surface area contributed by atoms with Gasteiger partial charge in [-0.05, 0) is 47.0 Å². The molecule has 0 bridgehead atoms. The number of rotatable bonds is 8. The number of hydrogen-bond acceptors (Lipinski definition) is 4. The highest BCUT2D eigenvalue weighted by molar-refractivity contribution is 7.10. The van der Waals surface area contributed by atoms with Crippen molar-refractivity contribution in [1.29, 1.82) is 0 Å². The molecule has 2 amide bonds. The molecule has 1 aromatic heterocycles. The summed E-state index contributed by atoms with van der Waals surface area (Å²) in [5, 5.41) is 16.6.